The van der Waals surface area contributed by atoms with Crippen LogP contribution in [-0.4, -0.2) is 50.4 Å². The van der Waals surface area contributed by atoms with Crippen molar-refractivity contribution in [3.63, 3.8) is 0 Å². The van der Waals surface area contributed by atoms with Crippen molar-refractivity contribution in [2.75, 3.05) is 13.6 Å². The van der Waals surface area contributed by atoms with E-state index >= 15 is 0 Å². The Morgan fingerprint density at radius 3 is 2.83 bits per heavy atom. The van der Waals surface area contributed by atoms with Gasteiger partial charge in [0, 0.05) is 25.1 Å². The van der Waals surface area contributed by atoms with Crippen LogP contribution in [-0.2, 0) is 0 Å². The molecule has 0 bridgehead atoms. The highest BCUT2D eigenvalue weighted by Gasteiger charge is 2.26. The topological polar surface area (TPSA) is 71.2 Å². The van der Waals surface area contributed by atoms with Crippen LogP contribution in [0.15, 0.2) is 30.9 Å². The zero-order chi connectivity index (χ0) is 17.1. The summed E-state index contributed by atoms with van der Waals surface area (Å²) >= 11 is 0. The molecule has 1 aromatic carbocycles. The molecule has 0 radical (unpaired) electrons. The standard InChI is InChI=1S/C18H24N4O2/c1-13-9-14(7-8-16(13)22-12-19-11-20-22)18(24)21(2)10-15-5-3-4-6-17(15)23/h7-9,11-12,15,17,23H,3-6,10H2,1-2H3. The first kappa shape index (κ1) is 16.6. The van der Waals surface area contributed by atoms with E-state index in [1.54, 1.807) is 15.9 Å². The van der Waals surface area contributed by atoms with Crippen molar-refractivity contribution in [2.24, 2.45) is 5.92 Å². The maximum absolute atomic E-state index is 12.7. The lowest BCUT2D eigenvalue weighted by Crippen LogP contribution is -2.38. The molecule has 6 heteroatoms. The molecule has 24 heavy (non-hydrogen) atoms. The molecule has 1 aromatic heterocycles. The van der Waals surface area contributed by atoms with Gasteiger partial charge in [0.25, 0.3) is 5.91 Å². The van der Waals surface area contributed by atoms with Crippen LogP contribution in [0.4, 0.5) is 0 Å². The first-order valence-corrected chi connectivity index (χ1v) is 8.45. The van der Waals surface area contributed by atoms with E-state index in [0.29, 0.717) is 12.1 Å². The Balaban J connectivity index is 1.71. The predicted octanol–water partition coefficient (Wildman–Crippen LogP) is 2.20. The van der Waals surface area contributed by atoms with Crippen LogP contribution in [0.5, 0.6) is 0 Å². The minimum atomic E-state index is -0.287. The van der Waals surface area contributed by atoms with Gasteiger partial charge in [-0.1, -0.05) is 12.8 Å². The van der Waals surface area contributed by atoms with Gasteiger partial charge < -0.3 is 10.0 Å². The summed E-state index contributed by atoms with van der Waals surface area (Å²) in [6, 6.07) is 5.59. The van der Waals surface area contributed by atoms with Gasteiger partial charge in [-0.25, -0.2) is 9.67 Å². The van der Waals surface area contributed by atoms with E-state index in [-0.39, 0.29) is 17.9 Å². The number of aryl methyl sites for hydroxylation is 1. The highest BCUT2D eigenvalue weighted by atomic mass is 16.3. The number of aromatic nitrogens is 3. The molecule has 1 saturated carbocycles. The van der Waals surface area contributed by atoms with E-state index in [1.165, 1.54) is 6.33 Å². The van der Waals surface area contributed by atoms with Gasteiger partial charge in [0.1, 0.15) is 12.7 Å². The van der Waals surface area contributed by atoms with Gasteiger partial charge in [-0.15, -0.1) is 0 Å². The molecule has 6 nitrogen and oxygen atoms in total. The van der Waals surface area contributed by atoms with Crippen molar-refractivity contribution in [1.82, 2.24) is 19.7 Å². The Kier molecular flexibility index (Phi) is 4.94. The molecule has 0 aliphatic heterocycles. The Labute approximate surface area is 142 Å². The third-order valence-electron chi connectivity index (χ3n) is 4.83. The molecule has 1 N–H and O–H groups in total. The number of nitrogens with zero attached hydrogens (tertiary/aromatic N) is 4. The Morgan fingerprint density at radius 2 is 2.17 bits per heavy atom. The van der Waals surface area contributed by atoms with Gasteiger partial charge in [-0.3, -0.25) is 4.79 Å². The summed E-state index contributed by atoms with van der Waals surface area (Å²) in [5.74, 6) is 0.171. The zero-order valence-electron chi connectivity index (χ0n) is 14.2. The van der Waals surface area contributed by atoms with Crippen LogP contribution in [0.1, 0.15) is 41.6 Å². The largest absolute Gasteiger partial charge is 0.393 e. The second-order valence-corrected chi connectivity index (χ2v) is 6.64. The molecule has 1 aliphatic carbocycles. The summed E-state index contributed by atoms with van der Waals surface area (Å²) in [5.41, 5.74) is 2.54. The molecule has 2 unspecified atom stereocenters. The second-order valence-electron chi connectivity index (χ2n) is 6.64. The molecule has 1 aliphatic rings. The molecule has 128 valence electrons. The molecule has 2 aromatic rings. The number of benzene rings is 1. The van der Waals surface area contributed by atoms with Gasteiger partial charge in [0.2, 0.25) is 0 Å². The zero-order valence-corrected chi connectivity index (χ0v) is 14.2. The fourth-order valence-electron chi connectivity index (χ4n) is 3.43. The fourth-order valence-corrected chi connectivity index (χ4v) is 3.43. The van der Waals surface area contributed by atoms with Crippen molar-refractivity contribution in [3.05, 3.63) is 42.0 Å². The molecule has 1 fully saturated rings. The Hall–Kier alpha value is -2.21. The van der Waals surface area contributed by atoms with E-state index < -0.39 is 0 Å². The highest BCUT2D eigenvalue weighted by Crippen LogP contribution is 2.25. The number of carbonyl (C=O) groups is 1. The maximum atomic E-state index is 12.7. The first-order valence-electron chi connectivity index (χ1n) is 8.45. The number of hydrogen-bond acceptors (Lipinski definition) is 4. The van der Waals surface area contributed by atoms with Gasteiger partial charge in [-0.05, 0) is 43.5 Å². The second kappa shape index (κ2) is 7.13. The van der Waals surface area contributed by atoms with Crippen molar-refractivity contribution >= 4 is 5.91 Å². The Bertz CT molecular complexity index is 699. The van der Waals surface area contributed by atoms with E-state index in [9.17, 15) is 9.90 Å². The fraction of sp³-hybridized carbons (Fsp3) is 0.500. The molecule has 3 rings (SSSR count). The van der Waals surface area contributed by atoms with Gasteiger partial charge in [-0.2, -0.15) is 5.10 Å². The van der Waals surface area contributed by atoms with Gasteiger partial charge in [0.15, 0.2) is 0 Å². The summed E-state index contributed by atoms with van der Waals surface area (Å²) in [5, 5.41) is 14.2. The summed E-state index contributed by atoms with van der Waals surface area (Å²) in [6.45, 7) is 2.56. The lowest BCUT2D eigenvalue weighted by atomic mass is 9.86. The van der Waals surface area contributed by atoms with Crippen LogP contribution in [0.3, 0.4) is 0 Å². The van der Waals surface area contributed by atoms with Crippen molar-refractivity contribution < 1.29 is 9.90 Å². The van der Waals surface area contributed by atoms with Crippen LogP contribution in [0, 0.1) is 12.8 Å². The first-order chi connectivity index (χ1) is 11.6. The normalized spacial score (nSPS) is 20.8. The minimum Gasteiger partial charge on any atom is -0.393 e. The average molecular weight is 328 g/mol. The van der Waals surface area contributed by atoms with Crippen LogP contribution in [0.2, 0.25) is 0 Å². The number of hydrogen-bond donors (Lipinski definition) is 1. The lowest BCUT2D eigenvalue weighted by Gasteiger charge is -2.31. The molecular formula is C18H24N4O2. The maximum Gasteiger partial charge on any atom is 0.253 e. The monoisotopic (exact) mass is 328 g/mol. The predicted molar refractivity (Wildman–Crippen MR) is 91.0 cm³/mol. The van der Waals surface area contributed by atoms with E-state index in [0.717, 1.165) is 36.9 Å². The van der Waals surface area contributed by atoms with Crippen molar-refractivity contribution in [2.45, 2.75) is 38.7 Å². The third kappa shape index (κ3) is 3.48. The highest BCUT2D eigenvalue weighted by molar-refractivity contribution is 5.94. The molecule has 1 heterocycles. The third-order valence-corrected chi connectivity index (χ3v) is 4.83. The van der Waals surface area contributed by atoms with Crippen LogP contribution < -0.4 is 0 Å². The molecule has 0 saturated heterocycles. The number of aliphatic hydroxyl groups is 1. The quantitative estimate of drug-likeness (QED) is 0.934. The smallest absolute Gasteiger partial charge is 0.253 e. The van der Waals surface area contributed by atoms with Gasteiger partial charge >= 0.3 is 0 Å². The van der Waals surface area contributed by atoms with Crippen LogP contribution >= 0.6 is 0 Å². The SMILES string of the molecule is Cc1cc(C(=O)N(C)CC2CCCCC2O)ccc1-n1cncn1. The van der Waals surface area contributed by atoms with Crippen LogP contribution in [0.25, 0.3) is 5.69 Å². The van der Waals surface area contributed by atoms with E-state index in [4.69, 9.17) is 0 Å². The molecule has 0 spiro atoms. The number of aliphatic hydroxyl groups excluding tert-OH is 1. The van der Waals surface area contributed by atoms with Crippen molar-refractivity contribution in [1.29, 1.82) is 0 Å². The van der Waals surface area contributed by atoms with Crippen molar-refractivity contribution in [3.8, 4) is 5.69 Å². The molecule has 1 amide bonds. The summed E-state index contributed by atoms with van der Waals surface area (Å²) in [7, 11) is 1.81. The summed E-state index contributed by atoms with van der Waals surface area (Å²) in [4.78, 5) is 18.4. The number of amides is 1. The van der Waals surface area contributed by atoms with Gasteiger partial charge in [0.05, 0.1) is 11.8 Å². The number of rotatable bonds is 4. The van der Waals surface area contributed by atoms with E-state index in [1.807, 2.05) is 32.2 Å². The molecular weight excluding hydrogens is 304 g/mol. The van der Waals surface area contributed by atoms with E-state index in [2.05, 4.69) is 10.1 Å². The Morgan fingerprint density at radius 1 is 1.38 bits per heavy atom. The summed E-state index contributed by atoms with van der Waals surface area (Å²) in [6.07, 6.45) is 6.89. The number of carbonyl (C=O) groups excluding carboxylic acids is 1. The lowest BCUT2D eigenvalue weighted by molar-refractivity contribution is 0.0451. The average Bonchev–Trinajstić information content (AvgIpc) is 3.10. The summed E-state index contributed by atoms with van der Waals surface area (Å²) < 4.78 is 1.69. The minimum absolute atomic E-state index is 0.0130. The molecule has 2 atom stereocenters.